The number of hydrogen-bond acceptors (Lipinski definition) is 4. The van der Waals surface area contributed by atoms with Gasteiger partial charge in [0.05, 0.1) is 11.3 Å². The van der Waals surface area contributed by atoms with Crippen LogP contribution in [0.4, 0.5) is 0 Å². The molecule has 1 heterocycles. The quantitative estimate of drug-likeness (QED) is 0.477. The van der Waals surface area contributed by atoms with Gasteiger partial charge in [0.25, 0.3) is 0 Å². The average molecular weight is 201 g/mol. The first-order valence-electron chi connectivity index (χ1n) is 3.31. The van der Waals surface area contributed by atoms with E-state index in [4.69, 9.17) is 0 Å². The molecule has 1 nitrogen and oxygen atoms in total. The fourth-order valence-corrected chi connectivity index (χ4v) is 3.19. The Kier molecular flexibility index (Phi) is 2.34. The molecule has 0 fully saturated rings. The van der Waals surface area contributed by atoms with E-state index in [0.717, 1.165) is 4.38 Å². The van der Waals surface area contributed by atoms with Crippen molar-refractivity contribution in [2.24, 2.45) is 4.99 Å². The summed E-state index contributed by atoms with van der Waals surface area (Å²) in [7, 11) is 1.44. The molecule has 11 heavy (non-hydrogen) atoms. The SMILES string of the molecule is SSC1=NC2C=CC=CC2S1. The minimum absolute atomic E-state index is 0.361. The van der Waals surface area contributed by atoms with Crippen LogP contribution in [0.15, 0.2) is 29.3 Å². The lowest BCUT2D eigenvalue weighted by Gasteiger charge is -2.10. The molecule has 2 unspecified atom stereocenters. The minimum Gasteiger partial charge on any atom is -0.262 e. The fraction of sp³-hybridized carbons (Fsp3) is 0.286. The first-order chi connectivity index (χ1) is 5.40. The van der Waals surface area contributed by atoms with E-state index in [9.17, 15) is 0 Å². The summed E-state index contributed by atoms with van der Waals surface area (Å²) in [5.41, 5.74) is 0. The Balaban J connectivity index is 2.16. The summed E-state index contributed by atoms with van der Waals surface area (Å²) < 4.78 is 1.08. The van der Waals surface area contributed by atoms with Crippen molar-refractivity contribution in [2.45, 2.75) is 11.3 Å². The Morgan fingerprint density at radius 2 is 2.27 bits per heavy atom. The fourth-order valence-electron chi connectivity index (χ4n) is 1.11. The van der Waals surface area contributed by atoms with Crippen LogP contribution in [-0.4, -0.2) is 15.7 Å². The largest absolute Gasteiger partial charge is 0.262 e. The van der Waals surface area contributed by atoms with E-state index < -0.39 is 0 Å². The number of fused-ring (bicyclic) bond motifs is 1. The zero-order valence-corrected chi connectivity index (χ0v) is 8.20. The Morgan fingerprint density at radius 1 is 1.45 bits per heavy atom. The molecule has 0 N–H and O–H groups in total. The predicted molar refractivity (Wildman–Crippen MR) is 57.5 cm³/mol. The van der Waals surface area contributed by atoms with E-state index in [0.29, 0.717) is 11.3 Å². The first kappa shape index (κ1) is 7.83. The molecule has 2 aliphatic rings. The van der Waals surface area contributed by atoms with Crippen LogP contribution < -0.4 is 0 Å². The molecule has 2 rings (SSSR count). The number of hydrogen-bond donors (Lipinski definition) is 1. The highest BCUT2D eigenvalue weighted by Gasteiger charge is 2.26. The molecule has 1 aliphatic carbocycles. The number of thioether (sulfide) groups is 1. The number of nitrogens with zero attached hydrogens (tertiary/aromatic N) is 1. The van der Waals surface area contributed by atoms with E-state index >= 15 is 0 Å². The molecular weight excluding hydrogens is 194 g/mol. The zero-order valence-electron chi connectivity index (χ0n) is 5.68. The third-order valence-electron chi connectivity index (χ3n) is 1.63. The molecule has 4 heteroatoms. The molecular formula is C7H7NS3. The second-order valence-corrected chi connectivity index (χ2v) is 4.87. The van der Waals surface area contributed by atoms with E-state index in [1.54, 1.807) is 11.8 Å². The van der Waals surface area contributed by atoms with Crippen LogP contribution in [0.2, 0.25) is 0 Å². The van der Waals surface area contributed by atoms with Gasteiger partial charge in [0, 0.05) is 0 Å². The Morgan fingerprint density at radius 3 is 3.00 bits per heavy atom. The lowest BCUT2D eigenvalue weighted by atomic mass is 10.1. The molecule has 0 bridgehead atoms. The van der Waals surface area contributed by atoms with Gasteiger partial charge < -0.3 is 0 Å². The molecule has 0 saturated carbocycles. The normalized spacial score (nSPS) is 33.7. The average Bonchev–Trinajstić information content (AvgIpc) is 2.46. The molecule has 2 atom stereocenters. The van der Waals surface area contributed by atoms with Gasteiger partial charge in [-0.05, 0) is 10.8 Å². The summed E-state index contributed by atoms with van der Waals surface area (Å²) in [6.45, 7) is 0. The van der Waals surface area contributed by atoms with Gasteiger partial charge in [-0.3, -0.25) is 4.99 Å². The number of aliphatic imine (C=N–C) groups is 1. The van der Waals surface area contributed by atoms with E-state index in [-0.39, 0.29) is 0 Å². The Hall–Kier alpha value is 0.200. The van der Waals surface area contributed by atoms with Crippen molar-refractivity contribution in [2.75, 3.05) is 0 Å². The first-order valence-corrected chi connectivity index (χ1v) is 6.06. The third-order valence-corrected chi connectivity index (χ3v) is 4.33. The summed E-state index contributed by atoms with van der Waals surface area (Å²) in [4.78, 5) is 4.46. The summed E-state index contributed by atoms with van der Waals surface area (Å²) in [6.07, 6.45) is 8.46. The van der Waals surface area contributed by atoms with E-state index in [1.165, 1.54) is 10.8 Å². The van der Waals surface area contributed by atoms with Gasteiger partial charge in [-0.2, -0.15) is 0 Å². The minimum atomic E-state index is 0.361. The van der Waals surface area contributed by atoms with Crippen LogP contribution >= 0.6 is 34.2 Å². The van der Waals surface area contributed by atoms with Crippen LogP contribution in [-0.2, 0) is 0 Å². The monoisotopic (exact) mass is 201 g/mol. The van der Waals surface area contributed by atoms with Gasteiger partial charge in [-0.15, -0.1) is 11.7 Å². The summed E-state index contributed by atoms with van der Waals surface area (Å²) in [6, 6.07) is 0.361. The van der Waals surface area contributed by atoms with Gasteiger partial charge in [0.15, 0.2) is 0 Å². The molecule has 0 amide bonds. The van der Waals surface area contributed by atoms with Crippen LogP contribution in [0.1, 0.15) is 0 Å². The third kappa shape index (κ3) is 1.53. The molecule has 0 aromatic heterocycles. The molecule has 1 aliphatic heterocycles. The molecule has 0 saturated heterocycles. The van der Waals surface area contributed by atoms with Crippen molar-refractivity contribution >= 4 is 38.6 Å². The van der Waals surface area contributed by atoms with Gasteiger partial charge in [0.1, 0.15) is 4.38 Å². The van der Waals surface area contributed by atoms with E-state index in [1.807, 2.05) is 0 Å². The number of allylic oxidation sites excluding steroid dienone is 2. The van der Waals surface area contributed by atoms with Crippen LogP contribution in [0.25, 0.3) is 0 Å². The molecule has 0 spiro atoms. The Bertz CT molecular complexity index is 244. The molecule has 0 radical (unpaired) electrons. The number of thiol groups is 1. The predicted octanol–water partition coefficient (Wildman–Crippen LogP) is 2.53. The van der Waals surface area contributed by atoms with E-state index in [2.05, 4.69) is 41.0 Å². The van der Waals surface area contributed by atoms with Crippen molar-refractivity contribution in [1.29, 1.82) is 0 Å². The smallest absolute Gasteiger partial charge is 0.136 e. The van der Waals surface area contributed by atoms with Gasteiger partial charge in [-0.25, -0.2) is 0 Å². The number of rotatable bonds is 0. The second-order valence-electron chi connectivity index (χ2n) is 2.33. The molecule has 58 valence electrons. The lowest BCUT2D eigenvalue weighted by molar-refractivity contribution is 0.863. The maximum atomic E-state index is 4.46. The highest BCUT2D eigenvalue weighted by Crippen LogP contribution is 2.36. The summed E-state index contributed by atoms with van der Waals surface area (Å²) >= 11 is 5.90. The van der Waals surface area contributed by atoms with Crippen molar-refractivity contribution < 1.29 is 0 Å². The summed E-state index contributed by atoms with van der Waals surface area (Å²) in [5, 5.41) is 0.523. The zero-order chi connectivity index (χ0) is 7.68. The molecule has 0 aromatic carbocycles. The van der Waals surface area contributed by atoms with Crippen molar-refractivity contribution in [1.82, 2.24) is 0 Å². The highest BCUT2D eigenvalue weighted by molar-refractivity contribution is 8.79. The van der Waals surface area contributed by atoms with Crippen molar-refractivity contribution in [3.8, 4) is 0 Å². The highest BCUT2D eigenvalue weighted by atomic mass is 33.1. The van der Waals surface area contributed by atoms with Gasteiger partial charge in [0.2, 0.25) is 0 Å². The lowest BCUT2D eigenvalue weighted by Crippen LogP contribution is -2.13. The Labute approximate surface area is 79.2 Å². The van der Waals surface area contributed by atoms with Crippen molar-refractivity contribution in [3.63, 3.8) is 0 Å². The van der Waals surface area contributed by atoms with Gasteiger partial charge in [-0.1, -0.05) is 36.1 Å². The van der Waals surface area contributed by atoms with Crippen LogP contribution in [0.3, 0.4) is 0 Å². The van der Waals surface area contributed by atoms with Gasteiger partial charge >= 0.3 is 0 Å². The maximum Gasteiger partial charge on any atom is 0.136 e. The topological polar surface area (TPSA) is 12.4 Å². The molecule has 0 aromatic rings. The van der Waals surface area contributed by atoms with Crippen LogP contribution in [0.5, 0.6) is 0 Å². The summed E-state index contributed by atoms with van der Waals surface area (Å²) in [5.74, 6) is 0. The maximum absolute atomic E-state index is 4.46. The standard InChI is InChI=1S/C7H7NS3/c9-11-7-8-5-3-1-2-4-6(5)10-7/h1-6,9H. The van der Waals surface area contributed by atoms with Crippen LogP contribution in [0, 0.1) is 0 Å². The van der Waals surface area contributed by atoms with Crippen molar-refractivity contribution in [3.05, 3.63) is 24.3 Å². The second kappa shape index (κ2) is 3.29.